The maximum absolute atomic E-state index is 12.3. The maximum Gasteiger partial charge on any atom is 0.261 e. The van der Waals surface area contributed by atoms with Crippen molar-refractivity contribution in [3.05, 3.63) is 76.3 Å². The van der Waals surface area contributed by atoms with Crippen molar-refractivity contribution in [2.75, 3.05) is 11.9 Å². The van der Waals surface area contributed by atoms with Gasteiger partial charge in [0.15, 0.2) is 0 Å². The monoisotopic (exact) mass is 406 g/mol. The van der Waals surface area contributed by atoms with Gasteiger partial charge in [0.25, 0.3) is 11.8 Å². The van der Waals surface area contributed by atoms with Gasteiger partial charge in [-0.15, -0.1) is 10.2 Å². The van der Waals surface area contributed by atoms with E-state index in [0.717, 1.165) is 10.6 Å². The standard InChI is InChI=1S/C21H18N4O3S/c26-17(22-21-24-23-18(29-21)13-14-7-2-1-3-8-14)11-6-12-25-19(27)15-9-4-5-10-16(15)20(25)28/h1-5,7-10H,6,11-13H2,(H,22,24,26). The van der Waals surface area contributed by atoms with Crippen LogP contribution in [0.4, 0.5) is 5.13 Å². The van der Waals surface area contributed by atoms with E-state index in [4.69, 9.17) is 0 Å². The summed E-state index contributed by atoms with van der Waals surface area (Å²) in [6.45, 7) is 0.204. The molecule has 7 nitrogen and oxygen atoms in total. The number of amides is 3. The van der Waals surface area contributed by atoms with Crippen molar-refractivity contribution in [3.8, 4) is 0 Å². The lowest BCUT2D eigenvalue weighted by atomic mass is 10.1. The van der Waals surface area contributed by atoms with Crippen molar-refractivity contribution in [3.63, 3.8) is 0 Å². The first-order valence-electron chi connectivity index (χ1n) is 9.23. The van der Waals surface area contributed by atoms with Crippen molar-refractivity contribution in [1.82, 2.24) is 15.1 Å². The number of carbonyl (C=O) groups excluding carboxylic acids is 3. The average molecular weight is 406 g/mol. The second kappa shape index (κ2) is 8.32. The predicted molar refractivity (Wildman–Crippen MR) is 109 cm³/mol. The van der Waals surface area contributed by atoms with E-state index in [1.54, 1.807) is 24.3 Å². The summed E-state index contributed by atoms with van der Waals surface area (Å²) in [5.41, 5.74) is 1.96. The molecule has 0 unspecified atom stereocenters. The van der Waals surface area contributed by atoms with Crippen LogP contribution in [0.5, 0.6) is 0 Å². The molecule has 0 saturated carbocycles. The Morgan fingerprint density at radius 3 is 2.28 bits per heavy atom. The lowest BCUT2D eigenvalue weighted by Gasteiger charge is -2.13. The zero-order valence-corrected chi connectivity index (χ0v) is 16.3. The highest BCUT2D eigenvalue weighted by Crippen LogP contribution is 2.23. The van der Waals surface area contributed by atoms with Gasteiger partial charge in [-0.3, -0.25) is 19.3 Å². The number of nitrogens with one attached hydrogen (secondary N) is 1. The number of hydrogen-bond acceptors (Lipinski definition) is 6. The molecule has 29 heavy (non-hydrogen) atoms. The van der Waals surface area contributed by atoms with E-state index >= 15 is 0 Å². The zero-order chi connectivity index (χ0) is 20.2. The number of anilines is 1. The van der Waals surface area contributed by atoms with Crippen molar-refractivity contribution >= 4 is 34.2 Å². The second-order valence-corrected chi connectivity index (χ2v) is 7.68. The van der Waals surface area contributed by atoms with Crippen molar-refractivity contribution in [1.29, 1.82) is 0 Å². The topological polar surface area (TPSA) is 92.3 Å². The van der Waals surface area contributed by atoms with Gasteiger partial charge in [0.1, 0.15) is 5.01 Å². The third kappa shape index (κ3) is 4.22. The molecule has 1 aromatic heterocycles. The molecule has 0 bridgehead atoms. The minimum Gasteiger partial charge on any atom is -0.301 e. The van der Waals surface area contributed by atoms with E-state index < -0.39 is 0 Å². The molecule has 0 saturated heterocycles. The molecule has 2 aromatic carbocycles. The van der Waals surface area contributed by atoms with Crippen molar-refractivity contribution in [2.24, 2.45) is 0 Å². The molecule has 3 aromatic rings. The highest BCUT2D eigenvalue weighted by Gasteiger charge is 2.34. The number of aromatic nitrogens is 2. The van der Waals surface area contributed by atoms with Crippen LogP contribution in [0, 0.1) is 0 Å². The summed E-state index contributed by atoms with van der Waals surface area (Å²) in [6.07, 6.45) is 1.22. The van der Waals surface area contributed by atoms with Crippen molar-refractivity contribution in [2.45, 2.75) is 19.3 Å². The quantitative estimate of drug-likeness (QED) is 0.609. The number of nitrogens with zero attached hydrogens (tertiary/aromatic N) is 3. The van der Waals surface area contributed by atoms with E-state index in [1.807, 2.05) is 30.3 Å². The van der Waals surface area contributed by atoms with E-state index in [0.29, 0.717) is 29.1 Å². The molecule has 2 heterocycles. The molecule has 146 valence electrons. The van der Waals surface area contributed by atoms with Crippen LogP contribution in [0.2, 0.25) is 0 Å². The fourth-order valence-electron chi connectivity index (χ4n) is 3.17. The Balaban J connectivity index is 1.26. The molecule has 4 rings (SSSR count). The molecule has 0 radical (unpaired) electrons. The van der Waals surface area contributed by atoms with Gasteiger partial charge >= 0.3 is 0 Å². The van der Waals surface area contributed by atoms with Crippen LogP contribution in [0.15, 0.2) is 54.6 Å². The Bertz CT molecular complexity index is 1030. The third-order valence-corrected chi connectivity index (χ3v) is 5.41. The second-order valence-electron chi connectivity index (χ2n) is 6.62. The van der Waals surface area contributed by atoms with Crippen LogP contribution in [-0.2, 0) is 11.2 Å². The van der Waals surface area contributed by atoms with Gasteiger partial charge in [0, 0.05) is 19.4 Å². The molecule has 8 heteroatoms. The molecule has 0 fully saturated rings. The lowest BCUT2D eigenvalue weighted by molar-refractivity contribution is -0.116. The normalized spacial score (nSPS) is 12.9. The Morgan fingerprint density at radius 1 is 0.931 bits per heavy atom. The van der Waals surface area contributed by atoms with Crippen LogP contribution in [0.25, 0.3) is 0 Å². The summed E-state index contributed by atoms with van der Waals surface area (Å²) in [6, 6.07) is 16.7. The Labute approximate surface area is 171 Å². The smallest absolute Gasteiger partial charge is 0.261 e. The number of imide groups is 1. The number of fused-ring (bicyclic) bond motifs is 1. The number of hydrogen-bond donors (Lipinski definition) is 1. The van der Waals surface area contributed by atoms with Crippen LogP contribution in [-0.4, -0.2) is 39.4 Å². The molecule has 0 spiro atoms. The highest BCUT2D eigenvalue weighted by atomic mass is 32.1. The Kier molecular flexibility index (Phi) is 5.44. The summed E-state index contributed by atoms with van der Waals surface area (Å²) in [4.78, 5) is 38.0. The lowest BCUT2D eigenvalue weighted by Crippen LogP contribution is -2.31. The van der Waals surface area contributed by atoms with E-state index in [2.05, 4.69) is 15.5 Å². The molecule has 1 aliphatic heterocycles. The molecule has 0 aliphatic carbocycles. The Morgan fingerprint density at radius 2 is 1.59 bits per heavy atom. The van der Waals surface area contributed by atoms with Gasteiger partial charge in [0.05, 0.1) is 11.1 Å². The van der Waals surface area contributed by atoms with Gasteiger partial charge in [-0.2, -0.15) is 0 Å². The van der Waals surface area contributed by atoms with Gasteiger partial charge in [-0.25, -0.2) is 0 Å². The van der Waals surface area contributed by atoms with E-state index in [-0.39, 0.29) is 30.7 Å². The van der Waals surface area contributed by atoms with Crippen LogP contribution in [0.1, 0.15) is 44.1 Å². The van der Waals surface area contributed by atoms with E-state index in [1.165, 1.54) is 16.2 Å². The van der Waals surface area contributed by atoms with E-state index in [9.17, 15) is 14.4 Å². The third-order valence-electron chi connectivity index (χ3n) is 4.58. The maximum atomic E-state index is 12.3. The first-order valence-corrected chi connectivity index (χ1v) is 10.0. The number of carbonyl (C=O) groups is 3. The molecular weight excluding hydrogens is 388 g/mol. The van der Waals surface area contributed by atoms with Crippen LogP contribution in [0.3, 0.4) is 0 Å². The fraction of sp³-hybridized carbons (Fsp3) is 0.190. The van der Waals surface area contributed by atoms with Gasteiger partial charge in [-0.05, 0) is 24.1 Å². The summed E-state index contributed by atoms with van der Waals surface area (Å²) in [5.74, 6) is -0.828. The average Bonchev–Trinajstić information content (AvgIpc) is 3.26. The molecule has 1 aliphatic rings. The predicted octanol–water partition coefficient (Wildman–Crippen LogP) is 3.14. The summed E-state index contributed by atoms with van der Waals surface area (Å²) in [5, 5.41) is 12.1. The first kappa shape index (κ1) is 18.9. The van der Waals surface area contributed by atoms with Gasteiger partial charge in [0.2, 0.25) is 11.0 Å². The van der Waals surface area contributed by atoms with Crippen molar-refractivity contribution < 1.29 is 14.4 Å². The SMILES string of the molecule is O=C(CCCN1C(=O)c2ccccc2C1=O)Nc1nnc(Cc2ccccc2)s1. The first-order chi connectivity index (χ1) is 14.1. The van der Waals surface area contributed by atoms with Crippen LogP contribution >= 0.6 is 11.3 Å². The van der Waals surface area contributed by atoms with Gasteiger partial charge < -0.3 is 5.32 Å². The summed E-state index contributed by atoms with van der Waals surface area (Å²) in [7, 11) is 0. The molecule has 1 N–H and O–H groups in total. The molecular formula is C21H18N4O3S. The number of rotatable bonds is 7. The minimum atomic E-state index is -0.305. The molecule has 3 amide bonds. The molecule has 0 atom stereocenters. The van der Waals surface area contributed by atoms with Crippen LogP contribution < -0.4 is 5.32 Å². The Hall–Kier alpha value is -3.39. The van der Waals surface area contributed by atoms with Gasteiger partial charge in [-0.1, -0.05) is 53.8 Å². The number of benzene rings is 2. The summed E-state index contributed by atoms with van der Waals surface area (Å²) < 4.78 is 0. The fourth-order valence-corrected chi connectivity index (χ4v) is 3.96. The summed E-state index contributed by atoms with van der Waals surface area (Å²) >= 11 is 1.33. The largest absolute Gasteiger partial charge is 0.301 e. The zero-order valence-electron chi connectivity index (χ0n) is 15.5. The minimum absolute atomic E-state index is 0.182. The highest BCUT2D eigenvalue weighted by molar-refractivity contribution is 7.15.